The SMILES string of the molecule is CCn1c(SCC(=O)c2ccc3c(c2)CCO3)nnc1-c1ccco1. The molecule has 1 aliphatic heterocycles. The first-order valence-electron chi connectivity index (χ1n) is 8.15. The highest BCUT2D eigenvalue weighted by molar-refractivity contribution is 7.99. The molecule has 0 N–H and O–H groups in total. The molecule has 0 saturated carbocycles. The molecule has 6 nitrogen and oxygen atoms in total. The van der Waals surface area contributed by atoms with Crippen molar-refractivity contribution in [1.82, 2.24) is 14.8 Å². The third-order valence-corrected chi connectivity index (χ3v) is 5.09. The van der Waals surface area contributed by atoms with Gasteiger partial charge in [0.1, 0.15) is 5.75 Å². The number of ketones is 1. The standard InChI is InChI=1S/C18H17N3O3S/c1-2-21-17(16-4-3-8-23-16)19-20-18(21)25-11-14(22)12-5-6-15-13(10-12)7-9-24-15/h3-6,8,10H,2,7,9,11H2,1H3. The lowest BCUT2D eigenvalue weighted by atomic mass is 10.1. The summed E-state index contributed by atoms with van der Waals surface area (Å²) in [5.74, 6) is 2.63. The molecule has 2 aromatic heterocycles. The predicted octanol–water partition coefficient (Wildman–Crippen LogP) is 3.47. The van der Waals surface area contributed by atoms with Gasteiger partial charge in [-0.15, -0.1) is 10.2 Å². The van der Waals surface area contributed by atoms with Gasteiger partial charge in [-0.2, -0.15) is 0 Å². The van der Waals surface area contributed by atoms with Crippen LogP contribution in [-0.2, 0) is 13.0 Å². The minimum atomic E-state index is 0.0740. The fourth-order valence-electron chi connectivity index (χ4n) is 2.84. The predicted molar refractivity (Wildman–Crippen MR) is 94.1 cm³/mol. The number of thioether (sulfide) groups is 1. The molecule has 0 atom stereocenters. The van der Waals surface area contributed by atoms with Gasteiger partial charge < -0.3 is 9.15 Å². The summed E-state index contributed by atoms with van der Waals surface area (Å²) in [6.07, 6.45) is 2.47. The largest absolute Gasteiger partial charge is 0.493 e. The van der Waals surface area contributed by atoms with Crippen LogP contribution in [0, 0.1) is 0 Å². The van der Waals surface area contributed by atoms with Crippen molar-refractivity contribution in [2.24, 2.45) is 0 Å². The Morgan fingerprint density at radius 2 is 2.24 bits per heavy atom. The second kappa shape index (κ2) is 6.76. The summed E-state index contributed by atoms with van der Waals surface area (Å²) in [5.41, 5.74) is 1.82. The van der Waals surface area contributed by atoms with Crippen LogP contribution in [0.1, 0.15) is 22.8 Å². The van der Waals surface area contributed by atoms with Crippen LogP contribution in [0.25, 0.3) is 11.6 Å². The lowest BCUT2D eigenvalue weighted by Gasteiger charge is -2.06. The van der Waals surface area contributed by atoms with Gasteiger partial charge in [0.25, 0.3) is 0 Å². The Kier molecular flexibility index (Phi) is 4.31. The molecule has 0 radical (unpaired) electrons. The smallest absolute Gasteiger partial charge is 0.200 e. The number of benzene rings is 1. The van der Waals surface area contributed by atoms with Gasteiger partial charge in [-0.25, -0.2) is 0 Å². The fourth-order valence-corrected chi connectivity index (χ4v) is 3.74. The van der Waals surface area contributed by atoms with Crippen molar-refractivity contribution < 1.29 is 13.9 Å². The summed E-state index contributed by atoms with van der Waals surface area (Å²) in [4.78, 5) is 12.5. The molecule has 0 bridgehead atoms. The number of carbonyl (C=O) groups is 1. The molecule has 7 heteroatoms. The number of nitrogens with zero attached hydrogens (tertiary/aromatic N) is 3. The average molecular weight is 355 g/mol. The molecule has 0 fully saturated rings. The van der Waals surface area contributed by atoms with Crippen molar-refractivity contribution >= 4 is 17.5 Å². The number of hydrogen-bond donors (Lipinski definition) is 0. The Balaban J connectivity index is 1.49. The minimum Gasteiger partial charge on any atom is -0.493 e. The Hall–Kier alpha value is -2.54. The summed E-state index contributed by atoms with van der Waals surface area (Å²) >= 11 is 1.39. The molecular weight excluding hydrogens is 338 g/mol. The Morgan fingerprint density at radius 1 is 1.32 bits per heavy atom. The average Bonchev–Trinajstić information content (AvgIpc) is 3.38. The lowest BCUT2D eigenvalue weighted by molar-refractivity contribution is 0.102. The van der Waals surface area contributed by atoms with Gasteiger partial charge in [0.05, 0.1) is 18.6 Å². The number of carbonyl (C=O) groups excluding carboxylic acids is 1. The number of furan rings is 1. The first-order valence-corrected chi connectivity index (χ1v) is 9.13. The molecule has 128 valence electrons. The molecule has 0 saturated heterocycles. The van der Waals surface area contributed by atoms with Crippen molar-refractivity contribution in [2.45, 2.75) is 25.0 Å². The molecule has 25 heavy (non-hydrogen) atoms. The van der Waals surface area contributed by atoms with Gasteiger partial charge in [0.2, 0.25) is 0 Å². The molecule has 0 spiro atoms. The number of hydrogen-bond acceptors (Lipinski definition) is 6. The van der Waals surface area contributed by atoms with E-state index in [1.54, 1.807) is 6.26 Å². The van der Waals surface area contributed by atoms with Gasteiger partial charge in [0.15, 0.2) is 22.5 Å². The number of aromatic nitrogens is 3. The maximum Gasteiger partial charge on any atom is 0.200 e. The van der Waals surface area contributed by atoms with E-state index in [9.17, 15) is 4.79 Å². The van der Waals surface area contributed by atoms with Crippen molar-refractivity contribution in [3.05, 3.63) is 47.7 Å². The quantitative estimate of drug-likeness (QED) is 0.498. The van der Waals surface area contributed by atoms with Crippen LogP contribution in [0.2, 0.25) is 0 Å². The van der Waals surface area contributed by atoms with E-state index in [4.69, 9.17) is 9.15 Å². The first kappa shape index (κ1) is 16.0. The number of rotatable bonds is 6. The number of fused-ring (bicyclic) bond motifs is 1. The zero-order chi connectivity index (χ0) is 17.2. The molecule has 0 aliphatic carbocycles. The molecular formula is C18H17N3O3S. The Bertz CT molecular complexity index is 902. The van der Waals surface area contributed by atoms with Crippen molar-refractivity contribution in [3.63, 3.8) is 0 Å². The molecule has 1 aromatic carbocycles. The van der Waals surface area contributed by atoms with E-state index < -0.39 is 0 Å². The van der Waals surface area contributed by atoms with Crippen LogP contribution in [-0.4, -0.2) is 32.9 Å². The molecule has 3 aromatic rings. The van der Waals surface area contributed by atoms with Crippen molar-refractivity contribution in [1.29, 1.82) is 0 Å². The van der Waals surface area contributed by atoms with Gasteiger partial charge in [-0.3, -0.25) is 9.36 Å². The van der Waals surface area contributed by atoms with Crippen LogP contribution in [0.15, 0.2) is 46.2 Å². The highest BCUT2D eigenvalue weighted by Gasteiger charge is 2.18. The normalized spacial score (nSPS) is 12.8. The Labute approximate surface area is 149 Å². The Morgan fingerprint density at radius 3 is 3.04 bits per heavy atom. The number of ether oxygens (including phenoxy) is 1. The topological polar surface area (TPSA) is 70.2 Å². The van der Waals surface area contributed by atoms with E-state index in [0.717, 1.165) is 17.7 Å². The van der Waals surface area contributed by atoms with E-state index in [-0.39, 0.29) is 5.78 Å². The summed E-state index contributed by atoms with van der Waals surface area (Å²) < 4.78 is 12.8. The summed E-state index contributed by atoms with van der Waals surface area (Å²) in [6, 6.07) is 9.31. The second-order valence-corrected chi connectivity index (χ2v) is 6.60. The molecule has 3 heterocycles. The molecule has 0 unspecified atom stereocenters. The molecule has 4 rings (SSSR count). The van der Waals surface area contributed by atoms with Crippen molar-refractivity contribution in [3.8, 4) is 17.3 Å². The maximum absolute atomic E-state index is 12.5. The third kappa shape index (κ3) is 3.07. The minimum absolute atomic E-state index is 0.0740. The van der Waals surface area contributed by atoms with E-state index in [2.05, 4.69) is 10.2 Å². The summed E-state index contributed by atoms with van der Waals surface area (Å²) in [5, 5.41) is 9.12. The zero-order valence-corrected chi connectivity index (χ0v) is 14.6. The zero-order valence-electron chi connectivity index (χ0n) is 13.8. The van der Waals surface area contributed by atoms with Crippen LogP contribution >= 0.6 is 11.8 Å². The highest BCUT2D eigenvalue weighted by Crippen LogP contribution is 2.28. The van der Waals surface area contributed by atoms with Gasteiger partial charge >= 0.3 is 0 Å². The van der Waals surface area contributed by atoms with Crippen LogP contribution < -0.4 is 4.74 Å². The summed E-state index contributed by atoms with van der Waals surface area (Å²) in [7, 11) is 0. The summed E-state index contributed by atoms with van der Waals surface area (Å²) in [6.45, 7) is 3.41. The van der Waals surface area contributed by atoms with Gasteiger partial charge in [-0.1, -0.05) is 11.8 Å². The number of Topliss-reactive ketones (excluding diaryl/α,β-unsaturated/α-hetero) is 1. The van der Waals surface area contributed by atoms with E-state index in [1.165, 1.54) is 11.8 Å². The highest BCUT2D eigenvalue weighted by atomic mass is 32.2. The van der Waals surface area contributed by atoms with Crippen LogP contribution in [0.3, 0.4) is 0 Å². The van der Waals surface area contributed by atoms with E-state index >= 15 is 0 Å². The van der Waals surface area contributed by atoms with E-state index in [0.29, 0.717) is 41.2 Å². The van der Waals surface area contributed by atoms with E-state index in [1.807, 2.05) is 41.8 Å². The lowest BCUT2D eigenvalue weighted by Crippen LogP contribution is -2.05. The first-order chi connectivity index (χ1) is 12.3. The molecule has 1 aliphatic rings. The van der Waals surface area contributed by atoms with Gasteiger partial charge in [-0.05, 0) is 42.8 Å². The third-order valence-electron chi connectivity index (χ3n) is 4.12. The van der Waals surface area contributed by atoms with Crippen LogP contribution in [0.4, 0.5) is 0 Å². The second-order valence-electron chi connectivity index (χ2n) is 5.66. The maximum atomic E-state index is 12.5. The van der Waals surface area contributed by atoms with Gasteiger partial charge in [0, 0.05) is 18.5 Å². The monoisotopic (exact) mass is 355 g/mol. The molecule has 0 amide bonds. The fraction of sp³-hybridized carbons (Fsp3) is 0.278. The van der Waals surface area contributed by atoms with Crippen LogP contribution in [0.5, 0.6) is 5.75 Å². The van der Waals surface area contributed by atoms with Crippen molar-refractivity contribution in [2.75, 3.05) is 12.4 Å².